The van der Waals surface area contributed by atoms with E-state index >= 15 is 0 Å². The highest BCUT2D eigenvalue weighted by Crippen LogP contribution is 2.62. The summed E-state index contributed by atoms with van der Waals surface area (Å²) in [6.07, 6.45) is 13.3. The Hall–Kier alpha value is -0.740. The second kappa shape index (κ2) is 8.57. The Morgan fingerprint density at radius 1 is 1.00 bits per heavy atom. The fourth-order valence-electron chi connectivity index (χ4n) is 3.61. The smallest absolute Gasteiger partial charge is 0.364 e. The van der Waals surface area contributed by atoms with E-state index in [1.165, 1.54) is 19.0 Å². The molecule has 2 aliphatic rings. The van der Waals surface area contributed by atoms with Crippen molar-refractivity contribution in [1.29, 1.82) is 0 Å². The van der Waals surface area contributed by atoms with Crippen LogP contribution in [0.15, 0.2) is 24.5 Å². The van der Waals surface area contributed by atoms with Crippen molar-refractivity contribution in [2.24, 2.45) is 0 Å². The van der Waals surface area contributed by atoms with Gasteiger partial charge in [-0.3, -0.25) is 9.55 Å². The molecule has 0 unspecified atom stereocenters. The minimum atomic E-state index is -3.65. The van der Waals surface area contributed by atoms with Gasteiger partial charge in [-0.25, -0.2) is 0 Å². The van der Waals surface area contributed by atoms with E-state index in [9.17, 15) is 9.67 Å². The molecule has 1 aromatic rings. The van der Waals surface area contributed by atoms with Crippen molar-refractivity contribution in [3.8, 4) is 0 Å². The van der Waals surface area contributed by atoms with Crippen molar-refractivity contribution < 1.29 is 18.7 Å². The van der Waals surface area contributed by atoms with Crippen molar-refractivity contribution in [1.82, 2.24) is 4.98 Å². The highest BCUT2D eigenvalue weighted by Gasteiger charge is 2.41. The fourth-order valence-corrected chi connectivity index (χ4v) is 5.66. The number of rotatable bonds is 6. The normalized spacial score (nSPS) is 22.4. The molecule has 5 nitrogen and oxygen atoms in total. The lowest BCUT2D eigenvalue weighted by atomic mass is 9.98. The van der Waals surface area contributed by atoms with Crippen molar-refractivity contribution in [2.45, 2.75) is 82.3 Å². The van der Waals surface area contributed by atoms with Gasteiger partial charge >= 0.3 is 7.60 Å². The first-order valence-corrected chi connectivity index (χ1v) is 10.8. The average Bonchev–Trinajstić information content (AvgIpc) is 2.63. The van der Waals surface area contributed by atoms with E-state index in [0.717, 1.165) is 51.4 Å². The molecule has 0 saturated heterocycles. The van der Waals surface area contributed by atoms with Gasteiger partial charge in [-0.2, -0.15) is 0 Å². The van der Waals surface area contributed by atoms with Crippen molar-refractivity contribution in [2.75, 3.05) is 0 Å². The van der Waals surface area contributed by atoms with Crippen LogP contribution in [0.4, 0.5) is 0 Å². The zero-order valence-corrected chi connectivity index (χ0v) is 15.1. The molecular weight excluding hydrogens is 325 g/mol. The molecule has 6 heteroatoms. The van der Waals surface area contributed by atoms with Gasteiger partial charge in [-0.05, 0) is 31.7 Å². The number of nitrogens with zero attached hydrogens (tertiary/aromatic N) is 1. The second-order valence-corrected chi connectivity index (χ2v) is 8.92. The molecule has 24 heavy (non-hydrogen) atoms. The first-order valence-electron chi connectivity index (χ1n) is 9.22. The third-order valence-electron chi connectivity index (χ3n) is 4.98. The maximum absolute atomic E-state index is 13.5. The standard InChI is InChI=1S/C18H28NO4P/c20-18(15-8-7-13-19-14-15)24(21,22-16-9-3-1-4-10-16)23-17-11-5-2-6-12-17/h7-8,13-14,16-18,20H,1-6,9-12H2/t18-/m1/s1. The maximum Gasteiger partial charge on any atom is 0.364 e. The van der Waals surface area contributed by atoms with Gasteiger partial charge in [0.15, 0.2) is 5.85 Å². The topological polar surface area (TPSA) is 68.7 Å². The molecule has 1 atom stereocenters. The average molecular weight is 353 g/mol. The minimum Gasteiger partial charge on any atom is -0.376 e. The SMILES string of the molecule is O=P(OC1CCCCC1)(OC1CCCCC1)[C@@H](O)c1cccnc1. The summed E-state index contributed by atoms with van der Waals surface area (Å²) in [6.45, 7) is 0. The third kappa shape index (κ3) is 4.66. The molecular formula is C18H28NO4P. The molecule has 0 bridgehead atoms. The highest BCUT2D eigenvalue weighted by molar-refractivity contribution is 7.54. The monoisotopic (exact) mass is 353 g/mol. The van der Waals surface area contributed by atoms with E-state index in [4.69, 9.17) is 9.05 Å². The van der Waals surface area contributed by atoms with Crippen molar-refractivity contribution >= 4 is 7.60 Å². The lowest BCUT2D eigenvalue weighted by molar-refractivity contribution is 0.0544. The largest absolute Gasteiger partial charge is 0.376 e. The molecule has 2 saturated carbocycles. The lowest BCUT2D eigenvalue weighted by Crippen LogP contribution is -2.22. The zero-order chi connectivity index (χ0) is 16.8. The van der Waals surface area contributed by atoms with Crippen LogP contribution in [0.5, 0.6) is 0 Å². The zero-order valence-electron chi connectivity index (χ0n) is 14.2. The molecule has 0 spiro atoms. The summed E-state index contributed by atoms with van der Waals surface area (Å²) in [7, 11) is -3.65. The molecule has 3 rings (SSSR count). The van der Waals surface area contributed by atoms with Gasteiger partial charge < -0.3 is 14.2 Å². The number of aliphatic hydroxyl groups excluding tert-OH is 1. The van der Waals surface area contributed by atoms with Crippen LogP contribution in [0.1, 0.15) is 75.6 Å². The summed E-state index contributed by atoms with van der Waals surface area (Å²) in [5, 5.41) is 10.7. The van der Waals surface area contributed by atoms with Crippen LogP contribution in [0.3, 0.4) is 0 Å². The molecule has 134 valence electrons. The van der Waals surface area contributed by atoms with E-state index < -0.39 is 13.4 Å². The first kappa shape index (κ1) is 18.1. The van der Waals surface area contributed by atoms with E-state index in [-0.39, 0.29) is 12.2 Å². The fraction of sp³-hybridized carbons (Fsp3) is 0.722. The Bertz CT molecular complexity index is 517. The summed E-state index contributed by atoms with van der Waals surface area (Å²) in [5.41, 5.74) is 0.493. The highest BCUT2D eigenvalue weighted by atomic mass is 31.2. The first-order chi connectivity index (χ1) is 11.7. The van der Waals surface area contributed by atoms with Crippen LogP contribution in [0, 0.1) is 0 Å². The van der Waals surface area contributed by atoms with Gasteiger partial charge in [0.1, 0.15) is 0 Å². The van der Waals surface area contributed by atoms with E-state index in [2.05, 4.69) is 4.98 Å². The van der Waals surface area contributed by atoms with Gasteiger partial charge in [0.2, 0.25) is 0 Å². The Morgan fingerprint density at radius 3 is 2.00 bits per heavy atom. The van der Waals surface area contributed by atoms with Crippen LogP contribution >= 0.6 is 7.60 Å². The van der Waals surface area contributed by atoms with E-state index in [1.807, 2.05) is 0 Å². The van der Waals surface area contributed by atoms with Gasteiger partial charge in [-0.15, -0.1) is 0 Å². The van der Waals surface area contributed by atoms with Gasteiger partial charge in [0.05, 0.1) is 12.2 Å². The molecule has 0 aromatic carbocycles. The summed E-state index contributed by atoms with van der Waals surface area (Å²) in [4.78, 5) is 4.02. The predicted octanol–water partition coefficient (Wildman–Crippen LogP) is 4.96. The minimum absolute atomic E-state index is 0.0838. The molecule has 1 N–H and O–H groups in total. The molecule has 0 amide bonds. The van der Waals surface area contributed by atoms with Crippen LogP contribution in [-0.2, 0) is 13.6 Å². The molecule has 0 aliphatic heterocycles. The van der Waals surface area contributed by atoms with Crippen molar-refractivity contribution in [3.05, 3.63) is 30.1 Å². The number of pyridine rings is 1. The summed E-state index contributed by atoms with van der Waals surface area (Å²) in [6, 6.07) is 3.45. The van der Waals surface area contributed by atoms with Gasteiger partial charge in [0, 0.05) is 18.0 Å². The summed E-state index contributed by atoms with van der Waals surface area (Å²) >= 11 is 0. The lowest BCUT2D eigenvalue weighted by Gasteiger charge is -2.33. The Labute approximate surface area is 144 Å². The molecule has 0 radical (unpaired) electrons. The number of hydrogen-bond donors (Lipinski definition) is 1. The predicted molar refractivity (Wildman–Crippen MR) is 92.7 cm³/mol. The quantitative estimate of drug-likeness (QED) is 0.732. The summed E-state index contributed by atoms with van der Waals surface area (Å²) < 4.78 is 25.4. The summed E-state index contributed by atoms with van der Waals surface area (Å²) in [5.74, 6) is -1.27. The Balaban J connectivity index is 1.77. The van der Waals surface area contributed by atoms with Gasteiger partial charge in [-0.1, -0.05) is 44.6 Å². The third-order valence-corrected chi connectivity index (χ3v) is 7.06. The molecule has 2 fully saturated rings. The maximum atomic E-state index is 13.5. The molecule has 1 aromatic heterocycles. The number of hydrogen-bond acceptors (Lipinski definition) is 5. The Kier molecular flexibility index (Phi) is 6.45. The van der Waals surface area contributed by atoms with Gasteiger partial charge in [0.25, 0.3) is 0 Å². The van der Waals surface area contributed by atoms with Crippen LogP contribution < -0.4 is 0 Å². The van der Waals surface area contributed by atoms with Crippen LogP contribution in [-0.4, -0.2) is 22.3 Å². The number of aromatic nitrogens is 1. The molecule has 1 heterocycles. The van der Waals surface area contributed by atoms with Crippen LogP contribution in [0.2, 0.25) is 0 Å². The van der Waals surface area contributed by atoms with Crippen molar-refractivity contribution in [3.63, 3.8) is 0 Å². The van der Waals surface area contributed by atoms with E-state index in [1.54, 1.807) is 18.3 Å². The number of aliphatic hydroxyl groups is 1. The van der Waals surface area contributed by atoms with Crippen LogP contribution in [0.25, 0.3) is 0 Å². The van der Waals surface area contributed by atoms with E-state index in [0.29, 0.717) is 5.56 Å². The Morgan fingerprint density at radius 2 is 1.54 bits per heavy atom. The molecule has 2 aliphatic carbocycles. The second-order valence-electron chi connectivity index (χ2n) is 6.93.